The molecule has 0 radical (unpaired) electrons. The average Bonchev–Trinajstić information content (AvgIpc) is 3.28. The monoisotopic (exact) mass is 251 g/mol. The molecule has 0 N–H and O–H groups in total. The molecule has 0 bridgehead atoms. The minimum Gasteiger partial charge on any atom is -0.295 e. The van der Waals surface area contributed by atoms with Crippen LogP contribution in [0.5, 0.6) is 0 Å². The van der Waals surface area contributed by atoms with Crippen molar-refractivity contribution in [3.05, 3.63) is 42.1 Å². The maximum atomic E-state index is 8.74. The van der Waals surface area contributed by atoms with Gasteiger partial charge >= 0.3 is 0 Å². The van der Waals surface area contributed by atoms with Crippen molar-refractivity contribution in [3.63, 3.8) is 0 Å². The molecule has 1 aromatic heterocycles. The fraction of sp³-hybridized carbons (Fsp3) is 0.375. The van der Waals surface area contributed by atoms with Gasteiger partial charge in [0.2, 0.25) is 0 Å². The minimum atomic E-state index is 0.617. The number of benzene rings is 1. The van der Waals surface area contributed by atoms with Crippen molar-refractivity contribution in [1.82, 2.24) is 9.88 Å². The number of hydrogen-bond donors (Lipinski definition) is 0. The summed E-state index contributed by atoms with van der Waals surface area (Å²) in [4.78, 5) is 6.77. The predicted octanol–water partition coefficient (Wildman–Crippen LogP) is 3.11. The zero-order valence-corrected chi connectivity index (χ0v) is 10.9. The first-order valence-electron chi connectivity index (χ1n) is 6.81. The third-order valence-electron chi connectivity index (χ3n) is 3.63. The Labute approximate surface area is 113 Å². The number of hydrogen-bond acceptors (Lipinski definition) is 3. The highest BCUT2D eigenvalue weighted by molar-refractivity contribution is 5.78. The van der Waals surface area contributed by atoms with Gasteiger partial charge in [0.05, 0.1) is 11.6 Å². The van der Waals surface area contributed by atoms with Crippen molar-refractivity contribution in [3.8, 4) is 6.07 Å². The van der Waals surface area contributed by atoms with E-state index >= 15 is 0 Å². The van der Waals surface area contributed by atoms with Gasteiger partial charge in [0.1, 0.15) is 0 Å². The Bertz CT molecular complexity index is 611. The van der Waals surface area contributed by atoms with Crippen LogP contribution in [0.1, 0.15) is 24.8 Å². The fourth-order valence-corrected chi connectivity index (χ4v) is 2.48. The van der Waals surface area contributed by atoms with E-state index in [2.05, 4.69) is 40.2 Å². The highest BCUT2D eigenvalue weighted by atomic mass is 15.2. The molecule has 3 heteroatoms. The molecule has 1 aromatic carbocycles. The second-order valence-electron chi connectivity index (χ2n) is 5.14. The summed E-state index contributed by atoms with van der Waals surface area (Å²) in [6.07, 6.45) is 5.00. The molecule has 1 fully saturated rings. The Balaban J connectivity index is 1.77. The van der Waals surface area contributed by atoms with Crippen molar-refractivity contribution >= 4 is 10.9 Å². The molecule has 0 spiro atoms. The van der Waals surface area contributed by atoms with Crippen molar-refractivity contribution in [2.75, 3.05) is 6.54 Å². The van der Waals surface area contributed by atoms with E-state index in [1.165, 1.54) is 23.8 Å². The number of pyridine rings is 1. The molecule has 0 saturated heterocycles. The van der Waals surface area contributed by atoms with Gasteiger partial charge in [-0.05, 0) is 36.6 Å². The summed E-state index contributed by atoms with van der Waals surface area (Å²) in [7, 11) is 0. The maximum absolute atomic E-state index is 8.74. The maximum Gasteiger partial charge on any atom is 0.0702 e. The van der Waals surface area contributed by atoms with Gasteiger partial charge in [0.25, 0.3) is 0 Å². The molecule has 0 unspecified atom stereocenters. The Hall–Kier alpha value is -1.92. The van der Waals surface area contributed by atoms with E-state index in [-0.39, 0.29) is 0 Å². The molecule has 96 valence electrons. The second-order valence-corrected chi connectivity index (χ2v) is 5.14. The SMILES string of the molecule is N#CCCN(Cc1ccc2ncccc2c1)C1CC1. The van der Waals surface area contributed by atoms with Crippen molar-refractivity contribution in [2.24, 2.45) is 0 Å². The van der Waals surface area contributed by atoms with Gasteiger partial charge in [-0.1, -0.05) is 12.1 Å². The molecule has 0 atom stereocenters. The standard InChI is InChI=1S/C16H17N3/c17-8-2-10-19(15-5-6-15)12-13-4-7-16-14(11-13)3-1-9-18-16/h1,3-4,7,9,11,15H,2,5-6,10,12H2. The molecule has 1 saturated carbocycles. The van der Waals surface area contributed by atoms with Crippen LogP contribution in [0, 0.1) is 11.3 Å². The average molecular weight is 251 g/mol. The Kier molecular flexibility index (Phi) is 3.43. The number of nitrogens with zero attached hydrogens (tertiary/aromatic N) is 3. The molecule has 19 heavy (non-hydrogen) atoms. The smallest absolute Gasteiger partial charge is 0.0702 e. The molecular formula is C16H17N3. The van der Waals surface area contributed by atoms with Crippen LogP contribution in [0.3, 0.4) is 0 Å². The van der Waals surface area contributed by atoms with E-state index in [0.717, 1.165) is 18.6 Å². The van der Waals surface area contributed by atoms with E-state index in [9.17, 15) is 0 Å². The van der Waals surface area contributed by atoms with Gasteiger partial charge in [-0.25, -0.2) is 0 Å². The van der Waals surface area contributed by atoms with E-state index in [1.54, 1.807) is 0 Å². The number of rotatable bonds is 5. The molecule has 0 amide bonds. The first-order chi connectivity index (χ1) is 9.36. The summed E-state index contributed by atoms with van der Waals surface area (Å²) in [6.45, 7) is 1.82. The number of aromatic nitrogens is 1. The lowest BCUT2D eigenvalue weighted by atomic mass is 10.1. The number of nitriles is 1. The molecule has 1 aliphatic rings. The molecule has 1 heterocycles. The quantitative estimate of drug-likeness (QED) is 0.819. The zero-order valence-electron chi connectivity index (χ0n) is 10.9. The summed E-state index contributed by atoms with van der Waals surface area (Å²) in [5, 5.41) is 9.93. The Morgan fingerprint density at radius 3 is 3.00 bits per heavy atom. The molecule has 2 aromatic rings. The fourth-order valence-electron chi connectivity index (χ4n) is 2.48. The first-order valence-corrected chi connectivity index (χ1v) is 6.81. The van der Waals surface area contributed by atoms with E-state index in [4.69, 9.17) is 5.26 Å². The van der Waals surface area contributed by atoms with Crippen LogP contribution < -0.4 is 0 Å². The van der Waals surface area contributed by atoms with E-state index in [1.807, 2.05) is 12.3 Å². The zero-order chi connectivity index (χ0) is 13.1. The molecular weight excluding hydrogens is 234 g/mol. The van der Waals surface area contributed by atoms with E-state index in [0.29, 0.717) is 12.5 Å². The lowest BCUT2D eigenvalue weighted by molar-refractivity contribution is 0.261. The van der Waals surface area contributed by atoms with Crippen LogP contribution >= 0.6 is 0 Å². The van der Waals surface area contributed by atoms with Crippen LogP contribution in [-0.2, 0) is 6.54 Å². The van der Waals surface area contributed by atoms with Crippen molar-refractivity contribution in [1.29, 1.82) is 5.26 Å². The normalized spacial score (nSPS) is 14.7. The summed E-state index contributed by atoms with van der Waals surface area (Å²) in [5.74, 6) is 0. The van der Waals surface area contributed by atoms with Gasteiger partial charge < -0.3 is 0 Å². The minimum absolute atomic E-state index is 0.617. The predicted molar refractivity (Wildman–Crippen MR) is 75.4 cm³/mol. The molecule has 3 rings (SSSR count). The third-order valence-corrected chi connectivity index (χ3v) is 3.63. The van der Waals surface area contributed by atoms with Gasteiger partial charge in [-0.3, -0.25) is 9.88 Å². The largest absolute Gasteiger partial charge is 0.295 e. The van der Waals surface area contributed by atoms with Crippen LogP contribution in [0.4, 0.5) is 0 Å². The Morgan fingerprint density at radius 2 is 2.21 bits per heavy atom. The molecule has 0 aliphatic heterocycles. The topological polar surface area (TPSA) is 39.9 Å². The molecule has 3 nitrogen and oxygen atoms in total. The lowest BCUT2D eigenvalue weighted by Gasteiger charge is -2.20. The van der Waals surface area contributed by atoms with Crippen molar-refractivity contribution in [2.45, 2.75) is 31.8 Å². The summed E-state index contributed by atoms with van der Waals surface area (Å²) in [6, 6.07) is 13.5. The summed E-state index contributed by atoms with van der Waals surface area (Å²) < 4.78 is 0. The highest BCUT2D eigenvalue weighted by Gasteiger charge is 2.28. The summed E-state index contributed by atoms with van der Waals surface area (Å²) >= 11 is 0. The lowest BCUT2D eigenvalue weighted by Crippen LogP contribution is -2.26. The van der Waals surface area contributed by atoms with E-state index < -0.39 is 0 Å². The van der Waals surface area contributed by atoms with Crippen LogP contribution in [0.2, 0.25) is 0 Å². The van der Waals surface area contributed by atoms with Crippen LogP contribution in [0.25, 0.3) is 10.9 Å². The third kappa shape index (κ3) is 2.91. The van der Waals surface area contributed by atoms with Crippen LogP contribution in [0.15, 0.2) is 36.5 Å². The number of fused-ring (bicyclic) bond motifs is 1. The Morgan fingerprint density at radius 1 is 1.32 bits per heavy atom. The molecule has 1 aliphatic carbocycles. The van der Waals surface area contributed by atoms with Gasteiger partial charge in [-0.15, -0.1) is 0 Å². The highest BCUT2D eigenvalue weighted by Crippen LogP contribution is 2.28. The van der Waals surface area contributed by atoms with Gasteiger partial charge in [-0.2, -0.15) is 5.26 Å². The van der Waals surface area contributed by atoms with Gasteiger partial charge in [0.15, 0.2) is 0 Å². The summed E-state index contributed by atoms with van der Waals surface area (Å²) in [5.41, 5.74) is 2.35. The van der Waals surface area contributed by atoms with Crippen molar-refractivity contribution < 1.29 is 0 Å². The second kappa shape index (κ2) is 5.38. The van der Waals surface area contributed by atoms with Crippen LogP contribution in [-0.4, -0.2) is 22.5 Å². The first kappa shape index (κ1) is 12.1. The van der Waals surface area contributed by atoms with Gasteiger partial charge in [0, 0.05) is 37.1 Å².